The molecule has 6 nitrogen and oxygen atoms in total. The van der Waals surface area contributed by atoms with Crippen LogP contribution in [0.1, 0.15) is 15.2 Å². The summed E-state index contributed by atoms with van der Waals surface area (Å²) in [6.07, 6.45) is 1.57. The Balaban J connectivity index is 1.83. The summed E-state index contributed by atoms with van der Waals surface area (Å²) in [4.78, 5) is 22.0. The molecule has 1 aromatic carbocycles. The van der Waals surface area contributed by atoms with E-state index >= 15 is 0 Å². The molecule has 0 unspecified atom stereocenters. The van der Waals surface area contributed by atoms with Gasteiger partial charge in [-0.25, -0.2) is 9.97 Å². The minimum absolute atomic E-state index is 0.281. The Kier molecular flexibility index (Phi) is 4.95. The zero-order valence-electron chi connectivity index (χ0n) is 14.1. The Morgan fingerprint density at radius 2 is 1.88 bits per heavy atom. The molecular formula is C18H17N3O3S. The number of amides is 1. The van der Waals surface area contributed by atoms with Gasteiger partial charge in [0.2, 0.25) is 5.88 Å². The lowest BCUT2D eigenvalue weighted by Crippen LogP contribution is -2.13. The number of benzene rings is 1. The summed E-state index contributed by atoms with van der Waals surface area (Å²) < 4.78 is 10.3. The summed E-state index contributed by atoms with van der Waals surface area (Å²) >= 11 is 1.42. The first-order valence-corrected chi connectivity index (χ1v) is 8.36. The first-order valence-electron chi connectivity index (χ1n) is 7.54. The van der Waals surface area contributed by atoms with Crippen molar-refractivity contribution in [3.8, 4) is 22.9 Å². The van der Waals surface area contributed by atoms with Crippen molar-refractivity contribution in [3.63, 3.8) is 0 Å². The largest absolute Gasteiger partial charge is 0.497 e. The van der Waals surface area contributed by atoms with Crippen molar-refractivity contribution < 1.29 is 14.3 Å². The van der Waals surface area contributed by atoms with E-state index in [0.717, 1.165) is 21.9 Å². The van der Waals surface area contributed by atoms with Crippen LogP contribution in [-0.4, -0.2) is 30.1 Å². The molecule has 1 N–H and O–H groups in total. The van der Waals surface area contributed by atoms with Crippen molar-refractivity contribution in [1.29, 1.82) is 0 Å². The molecule has 2 heterocycles. The Hall–Kier alpha value is -2.93. The number of ether oxygens (including phenoxy) is 2. The van der Waals surface area contributed by atoms with Crippen LogP contribution in [0.5, 0.6) is 11.6 Å². The molecule has 128 valence electrons. The van der Waals surface area contributed by atoms with Gasteiger partial charge in [-0.3, -0.25) is 10.1 Å². The second-order valence-electron chi connectivity index (χ2n) is 5.17. The van der Waals surface area contributed by atoms with Gasteiger partial charge in [0.05, 0.1) is 19.9 Å². The predicted octanol–water partition coefficient (Wildman–Crippen LogP) is 3.78. The number of hydrogen-bond acceptors (Lipinski definition) is 6. The van der Waals surface area contributed by atoms with Crippen LogP contribution in [0.4, 0.5) is 5.13 Å². The lowest BCUT2D eigenvalue weighted by Gasteiger charge is -2.05. The molecule has 0 aliphatic carbocycles. The summed E-state index contributed by atoms with van der Waals surface area (Å²) in [5, 5.41) is 3.34. The SMILES string of the molecule is COc1ccc(-c2nc(NC(=O)c3cccnc3OC)sc2C)cc1. The number of thiazole rings is 1. The van der Waals surface area contributed by atoms with Crippen LogP contribution in [0.3, 0.4) is 0 Å². The number of aromatic nitrogens is 2. The number of carbonyl (C=O) groups excluding carboxylic acids is 1. The minimum atomic E-state index is -0.306. The van der Waals surface area contributed by atoms with E-state index in [0.29, 0.717) is 10.7 Å². The molecule has 0 spiro atoms. The van der Waals surface area contributed by atoms with Gasteiger partial charge < -0.3 is 9.47 Å². The summed E-state index contributed by atoms with van der Waals surface area (Å²) in [5.41, 5.74) is 2.17. The number of methoxy groups -OCH3 is 2. The van der Waals surface area contributed by atoms with Crippen molar-refractivity contribution in [1.82, 2.24) is 9.97 Å². The third kappa shape index (κ3) is 3.61. The summed E-state index contributed by atoms with van der Waals surface area (Å²) in [6, 6.07) is 11.0. The maximum atomic E-state index is 12.5. The molecule has 0 bridgehead atoms. The average molecular weight is 355 g/mol. The molecule has 0 aliphatic rings. The van der Waals surface area contributed by atoms with Gasteiger partial charge in [-0.1, -0.05) is 0 Å². The van der Waals surface area contributed by atoms with E-state index in [1.54, 1.807) is 25.4 Å². The summed E-state index contributed by atoms with van der Waals surface area (Å²) in [6.45, 7) is 1.97. The van der Waals surface area contributed by atoms with Crippen LogP contribution in [0.15, 0.2) is 42.6 Å². The van der Waals surface area contributed by atoms with Crippen LogP contribution < -0.4 is 14.8 Å². The lowest BCUT2D eigenvalue weighted by atomic mass is 10.1. The number of hydrogen-bond donors (Lipinski definition) is 1. The molecule has 0 radical (unpaired) electrons. The van der Waals surface area contributed by atoms with E-state index < -0.39 is 0 Å². The highest BCUT2D eigenvalue weighted by molar-refractivity contribution is 7.16. The first kappa shape index (κ1) is 16.9. The number of nitrogens with zero attached hydrogens (tertiary/aromatic N) is 2. The summed E-state index contributed by atoms with van der Waals surface area (Å²) in [7, 11) is 3.11. The first-order chi connectivity index (χ1) is 12.1. The molecule has 0 fully saturated rings. The van der Waals surface area contributed by atoms with E-state index in [9.17, 15) is 4.79 Å². The van der Waals surface area contributed by atoms with Crippen molar-refractivity contribution >= 4 is 22.4 Å². The Morgan fingerprint density at radius 1 is 1.12 bits per heavy atom. The Bertz CT molecular complexity index is 891. The molecule has 0 atom stereocenters. The topological polar surface area (TPSA) is 73.3 Å². The van der Waals surface area contributed by atoms with Gasteiger partial charge in [0.1, 0.15) is 11.3 Å². The molecule has 3 rings (SSSR count). The monoisotopic (exact) mass is 355 g/mol. The standard InChI is InChI=1S/C18H17N3O3S/c1-11-15(12-6-8-13(23-2)9-7-12)20-18(25-11)21-16(22)14-5-4-10-19-17(14)24-3/h4-10H,1-3H3,(H,20,21,22). The van der Waals surface area contributed by atoms with Gasteiger partial charge in [-0.2, -0.15) is 0 Å². The van der Waals surface area contributed by atoms with E-state index in [1.165, 1.54) is 18.4 Å². The fourth-order valence-corrected chi connectivity index (χ4v) is 3.19. The molecule has 7 heteroatoms. The van der Waals surface area contributed by atoms with Gasteiger partial charge in [0.15, 0.2) is 5.13 Å². The fourth-order valence-electron chi connectivity index (χ4n) is 2.36. The third-order valence-electron chi connectivity index (χ3n) is 3.59. The van der Waals surface area contributed by atoms with Crippen molar-refractivity contribution in [2.45, 2.75) is 6.92 Å². The molecule has 0 aliphatic heterocycles. The predicted molar refractivity (Wildman–Crippen MR) is 97.6 cm³/mol. The molecule has 0 saturated carbocycles. The number of rotatable bonds is 5. The smallest absolute Gasteiger partial charge is 0.262 e. The zero-order valence-corrected chi connectivity index (χ0v) is 14.9. The number of aryl methyl sites for hydroxylation is 1. The highest BCUT2D eigenvalue weighted by Crippen LogP contribution is 2.31. The van der Waals surface area contributed by atoms with Gasteiger partial charge in [0, 0.05) is 16.6 Å². The Morgan fingerprint density at radius 3 is 2.56 bits per heavy atom. The Labute approximate surface area is 149 Å². The molecule has 2 aromatic heterocycles. The number of anilines is 1. The highest BCUT2D eigenvalue weighted by atomic mass is 32.1. The minimum Gasteiger partial charge on any atom is -0.497 e. The van der Waals surface area contributed by atoms with Crippen LogP contribution >= 0.6 is 11.3 Å². The van der Waals surface area contributed by atoms with Crippen molar-refractivity contribution in [3.05, 3.63) is 53.0 Å². The van der Waals surface area contributed by atoms with Gasteiger partial charge in [-0.05, 0) is 43.3 Å². The van der Waals surface area contributed by atoms with E-state index in [2.05, 4.69) is 15.3 Å². The molecule has 25 heavy (non-hydrogen) atoms. The maximum Gasteiger partial charge on any atom is 0.262 e. The third-order valence-corrected chi connectivity index (χ3v) is 4.48. The van der Waals surface area contributed by atoms with Gasteiger partial charge in [-0.15, -0.1) is 11.3 Å². The molecule has 1 amide bonds. The van der Waals surface area contributed by atoms with Crippen LogP contribution in [0, 0.1) is 6.92 Å². The highest BCUT2D eigenvalue weighted by Gasteiger charge is 2.16. The number of nitrogens with one attached hydrogen (secondary N) is 1. The van der Waals surface area contributed by atoms with Crippen LogP contribution in [0.2, 0.25) is 0 Å². The fraction of sp³-hybridized carbons (Fsp3) is 0.167. The van der Waals surface area contributed by atoms with Crippen LogP contribution in [-0.2, 0) is 0 Å². The number of carbonyl (C=O) groups is 1. The van der Waals surface area contributed by atoms with Gasteiger partial charge in [0.25, 0.3) is 5.91 Å². The van der Waals surface area contributed by atoms with Gasteiger partial charge >= 0.3 is 0 Å². The zero-order chi connectivity index (χ0) is 17.8. The lowest BCUT2D eigenvalue weighted by molar-refractivity contribution is 0.102. The average Bonchev–Trinajstić information content (AvgIpc) is 3.01. The molecule has 3 aromatic rings. The van der Waals surface area contributed by atoms with Crippen LogP contribution in [0.25, 0.3) is 11.3 Å². The van der Waals surface area contributed by atoms with Crippen molar-refractivity contribution in [2.24, 2.45) is 0 Å². The normalized spacial score (nSPS) is 10.4. The summed E-state index contributed by atoms with van der Waals surface area (Å²) in [5.74, 6) is 0.762. The van der Waals surface area contributed by atoms with E-state index in [4.69, 9.17) is 9.47 Å². The van der Waals surface area contributed by atoms with E-state index in [-0.39, 0.29) is 11.8 Å². The maximum absolute atomic E-state index is 12.5. The quantitative estimate of drug-likeness (QED) is 0.754. The number of pyridine rings is 1. The molecular weight excluding hydrogens is 338 g/mol. The van der Waals surface area contributed by atoms with E-state index in [1.807, 2.05) is 31.2 Å². The second-order valence-corrected chi connectivity index (χ2v) is 6.37. The molecule has 0 saturated heterocycles. The second kappa shape index (κ2) is 7.31. The van der Waals surface area contributed by atoms with Crippen molar-refractivity contribution in [2.75, 3.05) is 19.5 Å².